The maximum absolute atomic E-state index is 5.40. The van der Waals surface area contributed by atoms with E-state index in [2.05, 4.69) is 4.98 Å². The summed E-state index contributed by atoms with van der Waals surface area (Å²) in [6.07, 6.45) is 1.66. The number of hydrogen-bond acceptors (Lipinski definition) is 3. The molecule has 0 N–H and O–H groups in total. The second-order valence-electron chi connectivity index (χ2n) is 3.39. The highest BCUT2D eigenvalue weighted by molar-refractivity contribution is 5.78. The molecule has 2 heterocycles. The summed E-state index contributed by atoms with van der Waals surface area (Å²) in [4.78, 5) is 4.28. The second-order valence-corrected chi connectivity index (χ2v) is 3.39. The zero-order valence-corrected chi connectivity index (χ0v) is 8.23. The van der Waals surface area contributed by atoms with Crippen LogP contribution in [-0.4, -0.2) is 4.98 Å². The van der Waals surface area contributed by atoms with Crippen molar-refractivity contribution in [2.45, 2.75) is 6.92 Å². The van der Waals surface area contributed by atoms with Crippen molar-refractivity contribution in [2.75, 3.05) is 0 Å². The Morgan fingerprint density at radius 2 is 2.13 bits per heavy atom. The van der Waals surface area contributed by atoms with Crippen LogP contribution in [0.1, 0.15) is 5.89 Å². The number of furan rings is 1. The van der Waals surface area contributed by atoms with Gasteiger partial charge in [-0.15, -0.1) is 0 Å². The average Bonchev–Trinajstić information content (AvgIpc) is 2.82. The molecule has 74 valence electrons. The van der Waals surface area contributed by atoms with Crippen molar-refractivity contribution >= 4 is 11.1 Å². The molecule has 0 fully saturated rings. The highest BCUT2D eigenvalue weighted by Crippen LogP contribution is 2.24. The first kappa shape index (κ1) is 8.29. The molecule has 0 aliphatic carbocycles. The van der Waals surface area contributed by atoms with Gasteiger partial charge in [-0.2, -0.15) is 0 Å². The first-order valence-electron chi connectivity index (χ1n) is 4.74. The largest absolute Gasteiger partial charge is 0.464 e. The third-order valence-corrected chi connectivity index (χ3v) is 2.30. The van der Waals surface area contributed by atoms with Crippen LogP contribution in [-0.2, 0) is 0 Å². The number of oxazole rings is 1. The number of nitrogens with zero attached hydrogens (tertiary/aromatic N) is 1. The van der Waals surface area contributed by atoms with Gasteiger partial charge < -0.3 is 8.83 Å². The Labute approximate surface area is 86.3 Å². The molecule has 0 saturated heterocycles. The third kappa shape index (κ3) is 1.32. The molecule has 3 heteroatoms. The summed E-state index contributed by atoms with van der Waals surface area (Å²) >= 11 is 0. The summed E-state index contributed by atoms with van der Waals surface area (Å²) < 4.78 is 10.7. The van der Waals surface area contributed by atoms with Gasteiger partial charge in [-0.3, -0.25) is 0 Å². The Kier molecular flexibility index (Phi) is 1.65. The average molecular weight is 199 g/mol. The zero-order valence-electron chi connectivity index (χ0n) is 8.23. The van der Waals surface area contributed by atoms with Gasteiger partial charge in [0.2, 0.25) is 0 Å². The van der Waals surface area contributed by atoms with Crippen LogP contribution in [0, 0.1) is 6.92 Å². The molecule has 1 aromatic carbocycles. The van der Waals surface area contributed by atoms with E-state index in [4.69, 9.17) is 8.83 Å². The summed E-state index contributed by atoms with van der Waals surface area (Å²) in [5.41, 5.74) is 2.69. The van der Waals surface area contributed by atoms with Gasteiger partial charge in [-0.25, -0.2) is 4.98 Å². The van der Waals surface area contributed by atoms with Gasteiger partial charge in [0.05, 0.1) is 6.26 Å². The molecular weight excluding hydrogens is 190 g/mol. The van der Waals surface area contributed by atoms with E-state index in [1.807, 2.05) is 37.3 Å². The SMILES string of the molecule is Cc1nc2cc(-c3ccco3)ccc2o1. The second kappa shape index (κ2) is 2.98. The molecule has 3 rings (SSSR count). The summed E-state index contributed by atoms with van der Waals surface area (Å²) in [7, 11) is 0. The normalized spacial score (nSPS) is 11.0. The minimum absolute atomic E-state index is 0.682. The molecule has 0 aliphatic rings. The molecule has 3 nitrogen and oxygen atoms in total. The molecule has 0 amide bonds. The molecule has 0 atom stereocenters. The lowest BCUT2D eigenvalue weighted by Crippen LogP contribution is -1.74. The predicted octanol–water partition coefficient (Wildman–Crippen LogP) is 3.40. The molecule has 0 aliphatic heterocycles. The maximum Gasteiger partial charge on any atom is 0.192 e. The molecule has 3 aromatic rings. The van der Waals surface area contributed by atoms with E-state index in [0.29, 0.717) is 5.89 Å². The number of aromatic nitrogens is 1. The number of aryl methyl sites for hydroxylation is 1. The fraction of sp³-hybridized carbons (Fsp3) is 0.0833. The summed E-state index contributed by atoms with van der Waals surface area (Å²) in [6, 6.07) is 9.63. The van der Waals surface area contributed by atoms with E-state index in [1.54, 1.807) is 6.26 Å². The van der Waals surface area contributed by atoms with Crippen molar-refractivity contribution in [3.8, 4) is 11.3 Å². The van der Waals surface area contributed by atoms with Crippen LogP contribution in [0.2, 0.25) is 0 Å². The lowest BCUT2D eigenvalue weighted by atomic mass is 10.1. The van der Waals surface area contributed by atoms with Crippen LogP contribution in [0.15, 0.2) is 45.4 Å². The van der Waals surface area contributed by atoms with E-state index < -0.39 is 0 Å². The zero-order chi connectivity index (χ0) is 10.3. The monoisotopic (exact) mass is 199 g/mol. The van der Waals surface area contributed by atoms with Gasteiger partial charge in [0, 0.05) is 12.5 Å². The number of benzene rings is 1. The lowest BCUT2D eigenvalue weighted by Gasteiger charge is -1.94. The standard InChI is InChI=1S/C12H9NO2/c1-8-13-10-7-9(4-5-12(10)15-8)11-3-2-6-14-11/h2-7H,1H3. The Morgan fingerprint density at radius 3 is 2.93 bits per heavy atom. The molecule has 15 heavy (non-hydrogen) atoms. The Balaban J connectivity index is 2.21. The molecule has 0 radical (unpaired) electrons. The molecule has 0 bridgehead atoms. The number of hydrogen-bond donors (Lipinski definition) is 0. The third-order valence-electron chi connectivity index (χ3n) is 2.30. The minimum atomic E-state index is 0.682. The summed E-state index contributed by atoms with van der Waals surface area (Å²) in [5, 5.41) is 0. The summed E-state index contributed by atoms with van der Waals surface area (Å²) in [5.74, 6) is 1.53. The molecular formula is C12H9NO2. The fourth-order valence-corrected chi connectivity index (χ4v) is 1.64. The van der Waals surface area contributed by atoms with Crippen LogP contribution in [0.3, 0.4) is 0 Å². The fourth-order valence-electron chi connectivity index (χ4n) is 1.64. The lowest BCUT2D eigenvalue weighted by molar-refractivity contribution is 0.561. The first-order valence-corrected chi connectivity index (χ1v) is 4.74. The number of fused-ring (bicyclic) bond motifs is 1. The molecule has 0 unspecified atom stereocenters. The smallest absolute Gasteiger partial charge is 0.192 e. The van der Waals surface area contributed by atoms with Crippen LogP contribution in [0.25, 0.3) is 22.4 Å². The van der Waals surface area contributed by atoms with Crippen LogP contribution in [0.5, 0.6) is 0 Å². The highest BCUT2D eigenvalue weighted by Gasteiger charge is 2.05. The molecule has 0 saturated carbocycles. The Morgan fingerprint density at radius 1 is 1.20 bits per heavy atom. The van der Waals surface area contributed by atoms with Gasteiger partial charge in [0.15, 0.2) is 11.5 Å². The minimum Gasteiger partial charge on any atom is -0.464 e. The highest BCUT2D eigenvalue weighted by atomic mass is 16.3. The van der Waals surface area contributed by atoms with Gasteiger partial charge in [-0.1, -0.05) is 0 Å². The van der Waals surface area contributed by atoms with Gasteiger partial charge in [-0.05, 0) is 30.3 Å². The van der Waals surface area contributed by atoms with E-state index >= 15 is 0 Å². The van der Waals surface area contributed by atoms with Crippen LogP contribution < -0.4 is 0 Å². The van der Waals surface area contributed by atoms with Crippen LogP contribution >= 0.6 is 0 Å². The topological polar surface area (TPSA) is 39.2 Å². The van der Waals surface area contributed by atoms with Gasteiger partial charge >= 0.3 is 0 Å². The van der Waals surface area contributed by atoms with Gasteiger partial charge in [0.25, 0.3) is 0 Å². The van der Waals surface area contributed by atoms with E-state index in [1.165, 1.54) is 0 Å². The quantitative estimate of drug-likeness (QED) is 0.603. The molecule has 0 spiro atoms. The van der Waals surface area contributed by atoms with Crippen molar-refractivity contribution in [1.29, 1.82) is 0 Å². The Bertz CT molecular complexity index is 593. The maximum atomic E-state index is 5.40. The van der Waals surface area contributed by atoms with E-state index in [0.717, 1.165) is 22.4 Å². The van der Waals surface area contributed by atoms with Crippen LogP contribution in [0.4, 0.5) is 0 Å². The van der Waals surface area contributed by atoms with Crippen molar-refractivity contribution in [3.63, 3.8) is 0 Å². The Hall–Kier alpha value is -2.03. The van der Waals surface area contributed by atoms with Crippen molar-refractivity contribution in [1.82, 2.24) is 4.98 Å². The van der Waals surface area contributed by atoms with E-state index in [9.17, 15) is 0 Å². The van der Waals surface area contributed by atoms with Gasteiger partial charge in [0.1, 0.15) is 11.3 Å². The first-order chi connectivity index (χ1) is 7.33. The van der Waals surface area contributed by atoms with Crippen molar-refractivity contribution in [3.05, 3.63) is 42.5 Å². The van der Waals surface area contributed by atoms with Crippen molar-refractivity contribution < 1.29 is 8.83 Å². The number of rotatable bonds is 1. The molecule has 2 aromatic heterocycles. The summed E-state index contributed by atoms with van der Waals surface area (Å²) in [6.45, 7) is 1.84. The predicted molar refractivity (Wildman–Crippen MR) is 56.4 cm³/mol. The van der Waals surface area contributed by atoms with E-state index in [-0.39, 0.29) is 0 Å². The van der Waals surface area contributed by atoms with Crippen molar-refractivity contribution in [2.24, 2.45) is 0 Å².